The SMILES string of the molecule is BC(c1ccccc1OCCCCCC(=O)O)N(C(=O)c1ccc(-c2ccc(CCCC)cc2)cc1)C1CC1. The number of nitrogens with zero attached hydrogens (tertiary/aromatic N) is 1. The molecule has 0 bridgehead atoms. The summed E-state index contributed by atoms with van der Waals surface area (Å²) in [4.78, 5) is 26.5. The summed E-state index contributed by atoms with van der Waals surface area (Å²) in [6, 6.07) is 24.9. The van der Waals surface area contributed by atoms with Gasteiger partial charge in [0.05, 0.1) is 6.61 Å². The van der Waals surface area contributed by atoms with Crippen LogP contribution in [0.1, 0.15) is 85.7 Å². The molecule has 1 atom stereocenters. The Morgan fingerprint density at radius 1 is 0.923 bits per heavy atom. The van der Waals surface area contributed by atoms with Crippen LogP contribution in [0.25, 0.3) is 11.1 Å². The average Bonchev–Trinajstić information content (AvgIpc) is 3.79. The summed E-state index contributed by atoms with van der Waals surface area (Å²) < 4.78 is 6.11. The first kappa shape index (κ1) is 28.5. The van der Waals surface area contributed by atoms with Gasteiger partial charge in [0, 0.05) is 29.5 Å². The monoisotopic (exact) mass is 525 g/mol. The molecule has 0 radical (unpaired) electrons. The van der Waals surface area contributed by atoms with E-state index in [0.29, 0.717) is 18.6 Å². The second kappa shape index (κ2) is 14.0. The largest absolute Gasteiger partial charge is 0.493 e. The molecule has 1 fully saturated rings. The number of unbranched alkanes of at least 4 members (excludes halogenated alkanes) is 3. The molecule has 204 valence electrons. The van der Waals surface area contributed by atoms with E-state index in [0.717, 1.165) is 54.5 Å². The number of carbonyl (C=O) groups is 2. The smallest absolute Gasteiger partial charge is 0.303 e. The van der Waals surface area contributed by atoms with Gasteiger partial charge in [-0.3, -0.25) is 9.59 Å². The van der Waals surface area contributed by atoms with Crippen LogP contribution < -0.4 is 4.74 Å². The minimum atomic E-state index is -0.758. The van der Waals surface area contributed by atoms with Crippen molar-refractivity contribution in [3.05, 3.63) is 89.5 Å². The predicted octanol–water partition coefficient (Wildman–Crippen LogP) is 6.66. The summed E-state index contributed by atoms with van der Waals surface area (Å²) in [7, 11) is 2.08. The highest BCUT2D eigenvalue weighted by Crippen LogP contribution is 2.37. The minimum Gasteiger partial charge on any atom is -0.493 e. The lowest BCUT2D eigenvalue weighted by molar-refractivity contribution is -0.137. The third-order valence-corrected chi connectivity index (χ3v) is 7.49. The molecule has 0 aromatic heterocycles. The van der Waals surface area contributed by atoms with Crippen LogP contribution in [0.2, 0.25) is 0 Å². The molecule has 6 heteroatoms. The summed E-state index contributed by atoms with van der Waals surface area (Å²) in [6.45, 7) is 2.74. The maximum absolute atomic E-state index is 13.8. The van der Waals surface area contributed by atoms with Crippen molar-refractivity contribution in [2.45, 2.75) is 76.7 Å². The van der Waals surface area contributed by atoms with E-state index in [9.17, 15) is 9.59 Å². The zero-order chi connectivity index (χ0) is 27.6. The highest BCUT2D eigenvalue weighted by molar-refractivity contribution is 6.14. The van der Waals surface area contributed by atoms with E-state index >= 15 is 0 Å². The van der Waals surface area contributed by atoms with Crippen molar-refractivity contribution in [2.24, 2.45) is 0 Å². The Balaban J connectivity index is 1.42. The number of ether oxygens (including phenoxy) is 1. The number of carboxylic acids is 1. The third kappa shape index (κ3) is 7.98. The number of para-hydroxylation sites is 1. The van der Waals surface area contributed by atoms with Crippen LogP contribution in [0.4, 0.5) is 0 Å². The summed E-state index contributed by atoms with van der Waals surface area (Å²) in [5.74, 6) is -0.0380. The second-order valence-corrected chi connectivity index (χ2v) is 10.6. The number of hydrogen-bond acceptors (Lipinski definition) is 3. The average molecular weight is 525 g/mol. The molecule has 0 heterocycles. The highest BCUT2D eigenvalue weighted by atomic mass is 16.5. The standard InChI is InChI=1S/C33H40BNO4/c1-2-3-9-24-13-15-25(16-14-24)26-17-19-27(20-18-26)33(38)35(28-21-22-28)32(34)29-10-6-7-11-30(29)39-23-8-4-5-12-31(36)37/h6-7,10-11,13-20,28,32H,2-5,8-9,12,21-23,34H2,1H3,(H,36,37). The van der Waals surface area contributed by atoms with Crippen LogP contribution in [-0.2, 0) is 11.2 Å². The molecule has 0 spiro atoms. The zero-order valence-corrected chi connectivity index (χ0v) is 23.3. The molecular weight excluding hydrogens is 485 g/mol. The van der Waals surface area contributed by atoms with Crippen molar-refractivity contribution >= 4 is 19.7 Å². The Labute approximate surface area is 233 Å². The molecule has 3 aromatic carbocycles. The Morgan fingerprint density at radius 3 is 2.23 bits per heavy atom. The second-order valence-electron chi connectivity index (χ2n) is 10.6. The van der Waals surface area contributed by atoms with Crippen molar-refractivity contribution < 1.29 is 19.4 Å². The predicted molar refractivity (Wildman–Crippen MR) is 159 cm³/mol. The first-order valence-corrected chi connectivity index (χ1v) is 14.4. The molecule has 3 aromatic rings. The van der Waals surface area contributed by atoms with E-state index in [1.807, 2.05) is 53.4 Å². The van der Waals surface area contributed by atoms with E-state index in [1.165, 1.54) is 18.4 Å². The fourth-order valence-electron chi connectivity index (χ4n) is 5.05. The molecule has 1 unspecified atom stereocenters. The number of amides is 1. The number of benzene rings is 3. The van der Waals surface area contributed by atoms with E-state index < -0.39 is 5.97 Å². The van der Waals surface area contributed by atoms with E-state index in [4.69, 9.17) is 9.84 Å². The number of carboxylic acid groups (broad SMARTS) is 1. The molecule has 0 aliphatic heterocycles. The van der Waals surface area contributed by atoms with Crippen molar-refractivity contribution in [1.82, 2.24) is 4.90 Å². The molecule has 1 saturated carbocycles. The number of aryl methyl sites for hydroxylation is 1. The van der Waals surface area contributed by atoms with Crippen molar-refractivity contribution in [3.63, 3.8) is 0 Å². The topological polar surface area (TPSA) is 66.8 Å². The van der Waals surface area contributed by atoms with Gasteiger partial charge in [0.15, 0.2) is 0 Å². The van der Waals surface area contributed by atoms with Crippen LogP contribution in [0.5, 0.6) is 5.75 Å². The lowest BCUT2D eigenvalue weighted by atomic mass is 9.86. The highest BCUT2D eigenvalue weighted by Gasteiger charge is 2.37. The van der Waals surface area contributed by atoms with Gasteiger partial charge in [0.25, 0.3) is 5.91 Å². The van der Waals surface area contributed by atoms with Gasteiger partial charge in [0.1, 0.15) is 13.6 Å². The Hall–Kier alpha value is -3.54. The Kier molecular flexibility index (Phi) is 10.2. The van der Waals surface area contributed by atoms with Crippen molar-refractivity contribution in [3.8, 4) is 16.9 Å². The van der Waals surface area contributed by atoms with Gasteiger partial charge >= 0.3 is 5.97 Å². The molecule has 5 nitrogen and oxygen atoms in total. The maximum atomic E-state index is 13.8. The van der Waals surface area contributed by atoms with Gasteiger partial charge in [-0.25, -0.2) is 0 Å². The van der Waals surface area contributed by atoms with Crippen molar-refractivity contribution in [1.29, 1.82) is 0 Å². The first-order valence-electron chi connectivity index (χ1n) is 14.4. The van der Waals surface area contributed by atoms with Crippen LogP contribution in [0, 0.1) is 0 Å². The summed E-state index contributed by atoms with van der Waals surface area (Å²) in [6.07, 6.45) is 8.02. The van der Waals surface area contributed by atoms with Gasteiger partial charge in [-0.15, -0.1) is 0 Å². The maximum Gasteiger partial charge on any atom is 0.303 e. The lowest BCUT2D eigenvalue weighted by Gasteiger charge is -2.31. The van der Waals surface area contributed by atoms with Crippen LogP contribution in [-0.4, -0.2) is 42.4 Å². The molecular formula is C33H40BNO4. The molecule has 4 rings (SSSR count). The fraction of sp³-hybridized carbons (Fsp3) is 0.394. The molecule has 1 aliphatic carbocycles. The van der Waals surface area contributed by atoms with Gasteiger partial charge in [-0.05, 0) is 79.8 Å². The zero-order valence-electron chi connectivity index (χ0n) is 23.3. The third-order valence-electron chi connectivity index (χ3n) is 7.49. The molecule has 1 N–H and O–H groups in total. The van der Waals surface area contributed by atoms with Gasteiger partial charge < -0.3 is 14.7 Å². The van der Waals surface area contributed by atoms with Crippen LogP contribution in [0.3, 0.4) is 0 Å². The number of rotatable bonds is 15. The lowest BCUT2D eigenvalue weighted by Crippen LogP contribution is -2.37. The van der Waals surface area contributed by atoms with Gasteiger partial charge in [0.2, 0.25) is 0 Å². The van der Waals surface area contributed by atoms with E-state index in [2.05, 4.69) is 39.0 Å². The number of carbonyl (C=O) groups excluding carboxylic acids is 1. The quantitative estimate of drug-likeness (QED) is 0.178. The number of aliphatic carboxylic acids is 1. The molecule has 1 amide bonds. The van der Waals surface area contributed by atoms with Gasteiger partial charge in [-0.2, -0.15) is 0 Å². The van der Waals surface area contributed by atoms with Crippen molar-refractivity contribution in [2.75, 3.05) is 6.61 Å². The minimum absolute atomic E-state index is 0.0509. The normalized spacial score (nSPS) is 13.6. The summed E-state index contributed by atoms with van der Waals surface area (Å²) in [5, 5.41) is 8.81. The first-order chi connectivity index (χ1) is 19.0. The van der Waals surface area contributed by atoms with E-state index in [1.54, 1.807) is 0 Å². The molecule has 0 saturated heterocycles. The van der Waals surface area contributed by atoms with Crippen LogP contribution >= 0.6 is 0 Å². The van der Waals surface area contributed by atoms with Crippen LogP contribution in [0.15, 0.2) is 72.8 Å². The Morgan fingerprint density at radius 2 is 1.59 bits per heavy atom. The van der Waals surface area contributed by atoms with E-state index in [-0.39, 0.29) is 24.3 Å². The molecule has 39 heavy (non-hydrogen) atoms. The summed E-state index contributed by atoms with van der Waals surface area (Å²) >= 11 is 0. The number of hydrogen-bond donors (Lipinski definition) is 1. The van der Waals surface area contributed by atoms with Gasteiger partial charge in [-0.1, -0.05) is 67.9 Å². The fourth-order valence-corrected chi connectivity index (χ4v) is 5.05. The molecule has 1 aliphatic rings. The Bertz CT molecular complexity index is 1220. The summed E-state index contributed by atoms with van der Waals surface area (Å²) in [5.41, 5.74) is 5.35.